The van der Waals surface area contributed by atoms with Crippen molar-refractivity contribution in [2.75, 3.05) is 4.90 Å². The lowest BCUT2D eigenvalue weighted by Crippen LogP contribution is -2.57. The van der Waals surface area contributed by atoms with E-state index in [1.807, 2.05) is 11.3 Å². The molecule has 0 spiro atoms. The zero-order chi connectivity index (χ0) is 38.1. The van der Waals surface area contributed by atoms with Gasteiger partial charge in [0.1, 0.15) is 0 Å². The molecule has 0 fully saturated rings. The normalized spacial score (nSPS) is 20.4. The van der Waals surface area contributed by atoms with E-state index in [1.54, 1.807) is 11.1 Å². The van der Waals surface area contributed by atoms with Crippen molar-refractivity contribution in [1.82, 2.24) is 0 Å². The Morgan fingerprint density at radius 3 is 1.72 bits per heavy atom. The number of anilines is 3. The van der Waals surface area contributed by atoms with Gasteiger partial charge in [0.2, 0.25) is 0 Å². The van der Waals surface area contributed by atoms with Crippen LogP contribution in [0.4, 0.5) is 17.1 Å². The van der Waals surface area contributed by atoms with Crippen molar-refractivity contribution in [2.45, 2.75) is 136 Å². The van der Waals surface area contributed by atoms with Crippen LogP contribution >= 0.6 is 11.3 Å². The minimum absolute atomic E-state index is 0.105. The van der Waals surface area contributed by atoms with Crippen LogP contribution in [-0.2, 0) is 21.7 Å². The number of rotatable bonds is 3. The number of thiophene rings is 1. The second-order valence-electron chi connectivity index (χ2n) is 20.1. The van der Waals surface area contributed by atoms with E-state index in [-0.39, 0.29) is 28.4 Å². The molecule has 3 heteroatoms. The number of benzene rings is 4. The molecule has 5 aromatic rings. The maximum absolute atomic E-state index is 2.68. The number of hydrogen-bond acceptors (Lipinski definition) is 2. The van der Waals surface area contributed by atoms with Gasteiger partial charge in [-0.15, -0.1) is 11.3 Å². The molecule has 0 N–H and O–H groups in total. The molecule has 0 saturated carbocycles. The maximum Gasteiger partial charge on any atom is 0.259 e. The molecule has 0 radical (unpaired) electrons. The average molecular weight is 728 g/mol. The SMILES string of the molecule is CC1=CC=C(c2ccc(C)cc2N2c3cc(C)ccc3B(c3cc4cc5c(cc4s3)C(C)(C)CCC5(C)C)c3cc4c(cc32)C(C)(C)CCC4(C)C)CC1. The van der Waals surface area contributed by atoms with Crippen LogP contribution in [0.1, 0.15) is 140 Å². The van der Waals surface area contributed by atoms with Crippen molar-refractivity contribution in [3.63, 3.8) is 0 Å². The largest absolute Gasteiger partial charge is 0.311 e. The molecule has 9 rings (SSSR count). The molecule has 3 aliphatic carbocycles. The molecule has 0 amide bonds. The van der Waals surface area contributed by atoms with E-state index in [9.17, 15) is 0 Å². The van der Waals surface area contributed by atoms with Gasteiger partial charge in [-0.25, -0.2) is 0 Å². The predicted molar refractivity (Wildman–Crippen MR) is 239 cm³/mol. The van der Waals surface area contributed by atoms with Gasteiger partial charge in [0, 0.05) is 21.6 Å². The van der Waals surface area contributed by atoms with Gasteiger partial charge in [-0.05, 0) is 177 Å². The fourth-order valence-corrected chi connectivity index (χ4v) is 11.6. The molecule has 276 valence electrons. The summed E-state index contributed by atoms with van der Waals surface area (Å²) in [7, 11) is 0. The zero-order valence-electron chi connectivity index (χ0n) is 34.7. The monoisotopic (exact) mass is 727 g/mol. The Labute approximate surface area is 329 Å². The van der Waals surface area contributed by atoms with Gasteiger partial charge in [0.25, 0.3) is 6.71 Å². The van der Waals surface area contributed by atoms with Gasteiger partial charge in [-0.2, -0.15) is 0 Å². The van der Waals surface area contributed by atoms with Gasteiger partial charge in [0.05, 0.1) is 5.69 Å². The Morgan fingerprint density at radius 1 is 0.537 bits per heavy atom. The second kappa shape index (κ2) is 12.1. The fraction of sp³-hybridized carbons (Fsp3) is 0.412. The zero-order valence-corrected chi connectivity index (χ0v) is 35.5. The highest BCUT2D eigenvalue weighted by molar-refractivity contribution is 7.32. The van der Waals surface area contributed by atoms with Gasteiger partial charge >= 0.3 is 0 Å². The van der Waals surface area contributed by atoms with Crippen LogP contribution in [0.5, 0.6) is 0 Å². The van der Waals surface area contributed by atoms with E-state index in [0.717, 1.165) is 12.8 Å². The highest BCUT2D eigenvalue weighted by Crippen LogP contribution is 2.51. The van der Waals surface area contributed by atoms with E-state index in [2.05, 4.69) is 160 Å². The third kappa shape index (κ3) is 5.62. The van der Waals surface area contributed by atoms with Crippen molar-refractivity contribution in [2.24, 2.45) is 0 Å². The van der Waals surface area contributed by atoms with Crippen LogP contribution in [0.25, 0.3) is 15.7 Å². The molecule has 54 heavy (non-hydrogen) atoms. The number of aryl methyl sites for hydroxylation is 2. The molecule has 0 bridgehead atoms. The highest BCUT2D eigenvalue weighted by atomic mass is 32.1. The van der Waals surface area contributed by atoms with Crippen molar-refractivity contribution in [1.29, 1.82) is 0 Å². The summed E-state index contributed by atoms with van der Waals surface area (Å²) in [5, 5.41) is 1.41. The first-order valence-electron chi connectivity index (χ1n) is 20.6. The first-order chi connectivity index (χ1) is 25.4. The first kappa shape index (κ1) is 35.9. The summed E-state index contributed by atoms with van der Waals surface area (Å²) in [5.41, 5.74) is 20.5. The molecule has 0 saturated heterocycles. The van der Waals surface area contributed by atoms with Crippen LogP contribution in [0, 0.1) is 13.8 Å². The molecule has 4 aromatic carbocycles. The summed E-state index contributed by atoms with van der Waals surface area (Å²) in [5.74, 6) is 0. The van der Waals surface area contributed by atoms with E-state index in [0.29, 0.717) is 0 Å². The summed E-state index contributed by atoms with van der Waals surface area (Å²) in [6.07, 6.45) is 11.8. The van der Waals surface area contributed by atoms with Crippen LogP contribution in [0.3, 0.4) is 0 Å². The molecule has 1 aromatic heterocycles. The molecule has 4 aliphatic rings. The van der Waals surface area contributed by atoms with E-state index in [1.165, 1.54) is 107 Å². The molecule has 2 heterocycles. The van der Waals surface area contributed by atoms with Gasteiger partial charge in [-0.1, -0.05) is 103 Å². The smallest absolute Gasteiger partial charge is 0.259 e. The molecular weight excluding hydrogens is 669 g/mol. The minimum atomic E-state index is 0.105. The summed E-state index contributed by atoms with van der Waals surface area (Å²) in [6.45, 7) is 26.7. The first-order valence-corrected chi connectivity index (χ1v) is 21.4. The van der Waals surface area contributed by atoms with E-state index < -0.39 is 0 Å². The van der Waals surface area contributed by atoms with E-state index >= 15 is 0 Å². The Balaban J connectivity index is 1.34. The van der Waals surface area contributed by atoms with Gasteiger partial charge in [-0.3, -0.25) is 0 Å². The lowest BCUT2D eigenvalue weighted by Gasteiger charge is -2.45. The topological polar surface area (TPSA) is 3.24 Å². The number of fused-ring (bicyclic) bond motifs is 5. The van der Waals surface area contributed by atoms with Crippen LogP contribution < -0.4 is 20.6 Å². The third-order valence-electron chi connectivity index (χ3n) is 14.2. The molecule has 0 unspecified atom stereocenters. The number of allylic oxidation sites excluding steroid dienone is 4. The Morgan fingerprint density at radius 2 is 1.09 bits per heavy atom. The Hall–Kier alpha value is -3.82. The second-order valence-corrected chi connectivity index (χ2v) is 21.2. The van der Waals surface area contributed by atoms with E-state index in [4.69, 9.17) is 0 Å². The number of hydrogen-bond donors (Lipinski definition) is 0. The van der Waals surface area contributed by atoms with Crippen LogP contribution in [-0.4, -0.2) is 6.71 Å². The van der Waals surface area contributed by atoms with Crippen LogP contribution in [0.2, 0.25) is 0 Å². The Kier molecular flexibility index (Phi) is 8.03. The fourth-order valence-electron chi connectivity index (χ4n) is 10.3. The Bertz CT molecular complexity index is 2390. The maximum atomic E-state index is 2.68. The predicted octanol–water partition coefficient (Wildman–Crippen LogP) is 12.6. The van der Waals surface area contributed by atoms with Gasteiger partial charge < -0.3 is 4.90 Å². The molecule has 0 atom stereocenters. The quantitative estimate of drug-likeness (QED) is 0.164. The number of nitrogens with zero attached hydrogens (tertiary/aromatic N) is 1. The summed E-state index contributed by atoms with van der Waals surface area (Å²) >= 11 is 2.04. The minimum Gasteiger partial charge on any atom is -0.311 e. The molecule has 1 nitrogen and oxygen atoms in total. The van der Waals surface area contributed by atoms with Crippen molar-refractivity contribution >= 4 is 66.5 Å². The van der Waals surface area contributed by atoms with Crippen molar-refractivity contribution < 1.29 is 0 Å². The molecular formula is C51H58BNS. The highest BCUT2D eigenvalue weighted by Gasteiger charge is 2.44. The van der Waals surface area contributed by atoms with Crippen LogP contribution in [0.15, 0.2) is 84.5 Å². The summed E-state index contributed by atoms with van der Waals surface area (Å²) in [4.78, 5) is 2.68. The lowest BCUT2D eigenvalue weighted by molar-refractivity contribution is 0.332. The van der Waals surface area contributed by atoms with Crippen molar-refractivity contribution in [3.05, 3.63) is 123 Å². The average Bonchev–Trinajstić information content (AvgIpc) is 3.53. The third-order valence-corrected chi connectivity index (χ3v) is 15.3. The van der Waals surface area contributed by atoms with Gasteiger partial charge in [0.15, 0.2) is 0 Å². The standard InChI is InChI=1S/C51H58BNS/c1-31-12-16-34(17-13-31)36-18-14-32(2)24-43(36)53-44-25-33(3)15-19-41(44)52(42-28-38-39(29-45(42)53)50(8,9)22-21-49(38,6)7)47-27-35-26-37-40(30-46(35)54-47)51(10,11)23-20-48(37,4)5/h12,14-16,18-19,24-30H,13,17,20-23H2,1-11H3. The van der Waals surface area contributed by atoms with Crippen molar-refractivity contribution in [3.8, 4) is 0 Å². The molecule has 1 aliphatic heterocycles. The summed E-state index contributed by atoms with van der Waals surface area (Å²) in [6, 6.07) is 27.5. The lowest BCUT2D eigenvalue weighted by atomic mass is 9.37. The summed E-state index contributed by atoms with van der Waals surface area (Å²) < 4.78 is 2.89.